The standard InChI is InChI=1S/C26H23NO2S2/c1-18-12-14-20(15-13-18)17-29-23-11-7-6-10-22(23)16-24-25(28)27(26(30)31-24)19(2)21-8-4-3-5-9-21/h3-16,19H,17H2,1-2H3/b24-16-. The zero-order valence-corrected chi connectivity index (χ0v) is 19.1. The minimum Gasteiger partial charge on any atom is -0.488 e. The Morgan fingerprint density at radius 1 is 1.00 bits per heavy atom. The Balaban J connectivity index is 1.54. The van der Waals surface area contributed by atoms with Crippen molar-refractivity contribution in [1.29, 1.82) is 0 Å². The Bertz CT molecular complexity index is 1120. The van der Waals surface area contributed by atoms with Crippen molar-refractivity contribution in [1.82, 2.24) is 4.90 Å². The Labute approximate surface area is 192 Å². The summed E-state index contributed by atoms with van der Waals surface area (Å²) in [5.41, 5.74) is 4.24. The van der Waals surface area contributed by atoms with Crippen molar-refractivity contribution in [3.05, 3.63) is 106 Å². The van der Waals surface area contributed by atoms with Gasteiger partial charge in [0.25, 0.3) is 5.91 Å². The van der Waals surface area contributed by atoms with Crippen LogP contribution in [0.2, 0.25) is 0 Å². The van der Waals surface area contributed by atoms with Gasteiger partial charge in [0.05, 0.1) is 10.9 Å². The molecule has 1 fully saturated rings. The van der Waals surface area contributed by atoms with Gasteiger partial charge in [0, 0.05) is 5.56 Å². The Kier molecular flexibility index (Phi) is 6.54. The second kappa shape index (κ2) is 9.50. The SMILES string of the molecule is Cc1ccc(COc2ccccc2/C=C2\SC(=S)N(C(C)c3ccccc3)C2=O)cc1. The quantitative estimate of drug-likeness (QED) is 0.318. The smallest absolute Gasteiger partial charge is 0.266 e. The summed E-state index contributed by atoms with van der Waals surface area (Å²) in [7, 11) is 0. The van der Waals surface area contributed by atoms with Crippen LogP contribution >= 0.6 is 24.0 Å². The minimum absolute atomic E-state index is 0.0697. The lowest BCUT2D eigenvalue weighted by atomic mass is 10.1. The van der Waals surface area contributed by atoms with Crippen LogP contribution in [0.5, 0.6) is 5.75 Å². The number of thioether (sulfide) groups is 1. The number of thiocarbonyl (C=S) groups is 1. The van der Waals surface area contributed by atoms with Crippen LogP contribution in [0.1, 0.15) is 35.2 Å². The number of aryl methyl sites for hydroxylation is 1. The highest BCUT2D eigenvalue weighted by molar-refractivity contribution is 8.26. The summed E-state index contributed by atoms with van der Waals surface area (Å²) in [4.78, 5) is 15.5. The molecule has 0 radical (unpaired) electrons. The zero-order valence-electron chi connectivity index (χ0n) is 17.4. The summed E-state index contributed by atoms with van der Waals surface area (Å²) in [6, 6.07) is 25.9. The molecule has 5 heteroatoms. The lowest BCUT2D eigenvalue weighted by Gasteiger charge is -2.23. The van der Waals surface area contributed by atoms with Gasteiger partial charge in [-0.3, -0.25) is 9.69 Å². The van der Waals surface area contributed by atoms with E-state index < -0.39 is 0 Å². The summed E-state index contributed by atoms with van der Waals surface area (Å²) >= 11 is 6.88. The van der Waals surface area contributed by atoms with Gasteiger partial charge >= 0.3 is 0 Å². The highest BCUT2D eigenvalue weighted by Crippen LogP contribution is 2.38. The predicted octanol–water partition coefficient (Wildman–Crippen LogP) is 6.54. The normalized spacial score (nSPS) is 16.1. The molecule has 3 aromatic carbocycles. The Morgan fingerprint density at radius 2 is 1.68 bits per heavy atom. The molecule has 0 aromatic heterocycles. The molecule has 0 saturated carbocycles. The second-order valence-corrected chi connectivity index (χ2v) is 9.13. The molecule has 0 spiro atoms. The van der Waals surface area contributed by atoms with Crippen molar-refractivity contribution in [3.8, 4) is 5.75 Å². The van der Waals surface area contributed by atoms with Crippen LogP contribution in [0.4, 0.5) is 0 Å². The fourth-order valence-electron chi connectivity index (χ4n) is 3.41. The first-order valence-corrected chi connectivity index (χ1v) is 11.3. The number of para-hydroxylation sites is 1. The molecule has 3 nitrogen and oxygen atoms in total. The number of carbonyl (C=O) groups excluding carboxylic acids is 1. The number of hydrogen-bond donors (Lipinski definition) is 0. The van der Waals surface area contributed by atoms with Crippen molar-refractivity contribution in [2.75, 3.05) is 0 Å². The molecular formula is C26H23NO2S2. The van der Waals surface area contributed by atoms with Gasteiger partial charge in [-0.25, -0.2) is 0 Å². The van der Waals surface area contributed by atoms with Crippen molar-refractivity contribution < 1.29 is 9.53 Å². The molecule has 3 aromatic rings. The van der Waals surface area contributed by atoms with E-state index in [0.717, 1.165) is 22.4 Å². The molecule has 1 unspecified atom stereocenters. The van der Waals surface area contributed by atoms with E-state index in [1.165, 1.54) is 17.3 Å². The predicted molar refractivity (Wildman–Crippen MR) is 132 cm³/mol. The van der Waals surface area contributed by atoms with Gasteiger partial charge < -0.3 is 4.74 Å². The zero-order chi connectivity index (χ0) is 21.8. The van der Waals surface area contributed by atoms with Crippen molar-refractivity contribution >= 4 is 40.3 Å². The third kappa shape index (κ3) is 4.89. The number of ether oxygens (including phenoxy) is 1. The summed E-state index contributed by atoms with van der Waals surface area (Å²) in [5.74, 6) is 0.671. The highest BCUT2D eigenvalue weighted by atomic mass is 32.2. The van der Waals surface area contributed by atoms with Gasteiger partial charge in [0.15, 0.2) is 0 Å². The van der Waals surface area contributed by atoms with Crippen molar-refractivity contribution in [2.45, 2.75) is 26.5 Å². The molecule has 1 aliphatic heterocycles. The average molecular weight is 446 g/mol. The monoisotopic (exact) mass is 445 g/mol. The van der Waals surface area contributed by atoms with Gasteiger partial charge in [-0.15, -0.1) is 0 Å². The van der Waals surface area contributed by atoms with Crippen molar-refractivity contribution in [2.24, 2.45) is 0 Å². The number of hydrogen-bond acceptors (Lipinski definition) is 4. The molecule has 4 rings (SSSR count). The van der Waals surface area contributed by atoms with Gasteiger partial charge in [0.1, 0.15) is 16.7 Å². The van der Waals surface area contributed by atoms with Gasteiger partial charge in [-0.05, 0) is 37.1 Å². The molecule has 1 heterocycles. The second-order valence-electron chi connectivity index (χ2n) is 7.45. The van der Waals surface area contributed by atoms with Crippen LogP contribution in [-0.4, -0.2) is 15.1 Å². The molecule has 0 aliphatic carbocycles. The largest absolute Gasteiger partial charge is 0.488 e. The molecule has 1 atom stereocenters. The third-order valence-electron chi connectivity index (χ3n) is 5.21. The van der Waals surface area contributed by atoms with E-state index in [9.17, 15) is 4.79 Å². The Morgan fingerprint density at radius 3 is 2.42 bits per heavy atom. The van der Waals surface area contributed by atoms with E-state index >= 15 is 0 Å². The number of benzene rings is 3. The fourth-order valence-corrected chi connectivity index (χ4v) is 4.82. The summed E-state index contributed by atoms with van der Waals surface area (Å²) in [5, 5.41) is 0. The molecule has 0 bridgehead atoms. The van der Waals surface area contributed by atoms with E-state index in [-0.39, 0.29) is 11.9 Å². The number of rotatable bonds is 6. The first-order valence-electron chi connectivity index (χ1n) is 10.1. The first kappa shape index (κ1) is 21.3. The van der Waals surface area contributed by atoms with Crippen LogP contribution in [0.15, 0.2) is 83.8 Å². The molecule has 156 valence electrons. The van der Waals surface area contributed by atoms with Crippen molar-refractivity contribution in [3.63, 3.8) is 0 Å². The van der Waals surface area contributed by atoms with E-state index in [1.807, 2.05) is 67.6 Å². The molecular weight excluding hydrogens is 422 g/mol. The van der Waals surface area contributed by atoms with Crippen LogP contribution in [0, 0.1) is 6.92 Å². The fraction of sp³-hybridized carbons (Fsp3) is 0.154. The average Bonchev–Trinajstić information content (AvgIpc) is 3.07. The number of amides is 1. The lowest BCUT2D eigenvalue weighted by Crippen LogP contribution is -2.30. The van der Waals surface area contributed by atoms with E-state index in [0.29, 0.717) is 15.8 Å². The molecule has 1 saturated heterocycles. The van der Waals surface area contributed by atoms with E-state index in [2.05, 4.69) is 31.2 Å². The van der Waals surface area contributed by atoms with Crippen LogP contribution < -0.4 is 4.74 Å². The lowest BCUT2D eigenvalue weighted by molar-refractivity contribution is -0.123. The van der Waals surface area contributed by atoms with Crippen LogP contribution in [0.25, 0.3) is 6.08 Å². The van der Waals surface area contributed by atoms with Crippen LogP contribution in [-0.2, 0) is 11.4 Å². The Hall–Kier alpha value is -2.89. The van der Waals surface area contributed by atoms with Gasteiger partial charge in [-0.1, -0.05) is 102 Å². The molecule has 1 aliphatic rings. The van der Waals surface area contributed by atoms with Gasteiger partial charge in [-0.2, -0.15) is 0 Å². The number of nitrogens with zero attached hydrogens (tertiary/aromatic N) is 1. The third-order valence-corrected chi connectivity index (χ3v) is 6.54. The maximum absolute atomic E-state index is 13.2. The van der Waals surface area contributed by atoms with E-state index in [1.54, 1.807) is 4.90 Å². The number of carbonyl (C=O) groups is 1. The minimum atomic E-state index is -0.118. The van der Waals surface area contributed by atoms with Gasteiger partial charge in [0.2, 0.25) is 0 Å². The first-order chi connectivity index (χ1) is 15.0. The maximum atomic E-state index is 13.2. The highest BCUT2D eigenvalue weighted by Gasteiger charge is 2.36. The molecule has 0 N–H and O–H groups in total. The van der Waals surface area contributed by atoms with Crippen LogP contribution in [0.3, 0.4) is 0 Å². The molecule has 1 amide bonds. The summed E-state index contributed by atoms with van der Waals surface area (Å²) in [6.07, 6.45) is 1.88. The summed E-state index contributed by atoms with van der Waals surface area (Å²) < 4.78 is 6.64. The summed E-state index contributed by atoms with van der Waals surface area (Å²) in [6.45, 7) is 4.54. The maximum Gasteiger partial charge on any atom is 0.266 e. The van der Waals surface area contributed by atoms with E-state index in [4.69, 9.17) is 17.0 Å². The molecule has 31 heavy (non-hydrogen) atoms. The topological polar surface area (TPSA) is 29.5 Å².